The van der Waals surface area contributed by atoms with E-state index in [1.54, 1.807) is 18.0 Å². The maximum absolute atomic E-state index is 11.9. The molecule has 1 fully saturated rings. The summed E-state index contributed by atoms with van der Waals surface area (Å²) in [5, 5.41) is 4.05. The number of likely N-dealkylation sites (tertiary alicyclic amines) is 1. The predicted molar refractivity (Wildman–Crippen MR) is 93.5 cm³/mol. The normalized spacial score (nSPS) is 17.1. The van der Waals surface area contributed by atoms with Gasteiger partial charge in [-0.3, -0.25) is 9.69 Å². The highest BCUT2D eigenvalue weighted by molar-refractivity contribution is 7.98. The zero-order chi connectivity index (χ0) is 15.6. The fourth-order valence-electron chi connectivity index (χ4n) is 2.58. The summed E-state index contributed by atoms with van der Waals surface area (Å²) in [4.78, 5) is 15.4. The summed E-state index contributed by atoms with van der Waals surface area (Å²) in [6, 6.07) is 8.10. The van der Waals surface area contributed by atoms with Crippen LogP contribution in [0.2, 0.25) is 0 Å². The van der Waals surface area contributed by atoms with E-state index in [0.717, 1.165) is 18.7 Å². The van der Waals surface area contributed by atoms with Crippen LogP contribution >= 0.6 is 11.8 Å². The van der Waals surface area contributed by atoms with Crippen LogP contribution < -0.4 is 5.43 Å². The molecular weight excluding hydrogens is 294 g/mol. The Morgan fingerprint density at radius 2 is 1.82 bits per heavy atom. The van der Waals surface area contributed by atoms with Gasteiger partial charge < -0.3 is 0 Å². The third-order valence-corrected chi connectivity index (χ3v) is 4.58. The van der Waals surface area contributed by atoms with Crippen LogP contribution in [-0.2, 0) is 4.79 Å². The SMILES string of the molecule is CSc1ccc(C=NNC(=O)CN2CCCCCCC2)cc1. The van der Waals surface area contributed by atoms with Crippen molar-refractivity contribution in [2.75, 3.05) is 25.9 Å². The van der Waals surface area contributed by atoms with Crippen molar-refractivity contribution in [1.82, 2.24) is 10.3 Å². The van der Waals surface area contributed by atoms with Gasteiger partial charge in [-0.05, 0) is 49.9 Å². The number of rotatable bonds is 5. The summed E-state index contributed by atoms with van der Waals surface area (Å²) < 4.78 is 0. The van der Waals surface area contributed by atoms with Gasteiger partial charge in [0.2, 0.25) is 0 Å². The lowest BCUT2D eigenvalue weighted by atomic mass is 10.1. The molecule has 0 aliphatic carbocycles. The van der Waals surface area contributed by atoms with Crippen LogP contribution in [0.5, 0.6) is 0 Å². The molecule has 2 rings (SSSR count). The summed E-state index contributed by atoms with van der Waals surface area (Å²) in [5.74, 6) is -0.0300. The first-order chi connectivity index (χ1) is 10.8. The fourth-order valence-corrected chi connectivity index (χ4v) is 2.99. The highest BCUT2D eigenvalue weighted by atomic mass is 32.2. The molecule has 0 unspecified atom stereocenters. The van der Waals surface area contributed by atoms with Crippen LogP contribution in [0.3, 0.4) is 0 Å². The summed E-state index contributed by atoms with van der Waals surface area (Å²) in [7, 11) is 0. The first kappa shape index (κ1) is 17.0. The molecule has 4 nitrogen and oxygen atoms in total. The molecule has 1 aliphatic heterocycles. The van der Waals surface area contributed by atoms with Gasteiger partial charge in [0.05, 0.1) is 12.8 Å². The molecule has 1 aliphatic rings. The molecule has 0 radical (unpaired) electrons. The second-order valence-corrected chi connectivity index (χ2v) is 6.49. The third-order valence-electron chi connectivity index (χ3n) is 3.83. The molecule has 1 aromatic carbocycles. The molecule has 120 valence electrons. The minimum absolute atomic E-state index is 0.0300. The van der Waals surface area contributed by atoms with Gasteiger partial charge in [-0.2, -0.15) is 5.10 Å². The van der Waals surface area contributed by atoms with Gasteiger partial charge in [0.15, 0.2) is 0 Å². The summed E-state index contributed by atoms with van der Waals surface area (Å²) >= 11 is 1.71. The van der Waals surface area contributed by atoms with E-state index in [1.807, 2.05) is 30.5 Å². The largest absolute Gasteiger partial charge is 0.294 e. The molecule has 0 saturated carbocycles. The van der Waals surface area contributed by atoms with Gasteiger partial charge in [0, 0.05) is 4.90 Å². The molecule has 0 bridgehead atoms. The Morgan fingerprint density at radius 3 is 2.45 bits per heavy atom. The number of benzene rings is 1. The highest BCUT2D eigenvalue weighted by Crippen LogP contribution is 2.14. The van der Waals surface area contributed by atoms with E-state index < -0.39 is 0 Å². The Hall–Kier alpha value is -1.33. The number of amides is 1. The monoisotopic (exact) mass is 319 g/mol. The Kier molecular flexibility index (Phi) is 7.46. The quantitative estimate of drug-likeness (QED) is 0.515. The van der Waals surface area contributed by atoms with Crippen LogP contribution in [0.1, 0.15) is 37.7 Å². The Bertz CT molecular complexity index is 479. The maximum atomic E-state index is 11.9. The molecule has 1 saturated heterocycles. The van der Waals surface area contributed by atoms with Crippen LogP contribution in [0, 0.1) is 0 Å². The van der Waals surface area contributed by atoms with Crippen molar-refractivity contribution < 1.29 is 4.79 Å². The molecular formula is C17H25N3OS. The molecule has 0 aromatic heterocycles. The lowest BCUT2D eigenvalue weighted by Gasteiger charge is -2.23. The molecule has 1 heterocycles. The van der Waals surface area contributed by atoms with E-state index in [0.29, 0.717) is 6.54 Å². The molecule has 5 heteroatoms. The molecule has 0 spiro atoms. The summed E-state index contributed by atoms with van der Waals surface area (Å²) in [6.07, 6.45) is 10.0. The van der Waals surface area contributed by atoms with E-state index in [9.17, 15) is 4.79 Å². The first-order valence-electron chi connectivity index (χ1n) is 7.96. The van der Waals surface area contributed by atoms with Crippen molar-refractivity contribution in [2.45, 2.75) is 37.0 Å². The van der Waals surface area contributed by atoms with Crippen molar-refractivity contribution in [1.29, 1.82) is 0 Å². The molecule has 1 N–H and O–H groups in total. The molecule has 22 heavy (non-hydrogen) atoms. The summed E-state index contributed by atoms with van der Waals surface area (Å²) in [5.41, 5.74) is 3.62. The number of hydrogen-bond donors (Lipinski definition) is 1. The zero-order valence-corrected chi connectivity index (χ0v) is 14.1. The maximum Gasteiger partial charge on any atom is 0.254 e. The van der Waals surface area contributed by atoms with Crippen LogP contribution in [0.4, 0.5) is 0 Å². The van der Waals surface area contributed by atoms with E-state index >= 15 is 0 Å². The van der Waals surface area contributed by atoms with Gasteiger partial charge >= 0.3 is 0 Å². The van der Waals surface area contributed by atoms with Gasteiger partial charge in [-0.1, -0.05) is 31.4 Å². The minimum Gasteiger partial charge on any atom is -0.294 e. The van der Waals surface area contributed by atoms with Crippen molar-refractivity contribution in [3.8, 4) is 0 Å². The third kappa shape index (κ3) is 6.20. The summed E-state index contributed by atoms with van der Waals surface area (Å²) in [6.45, 7) is 2.49. The predicted octanol–water partition coefficient (Wildman–Crippen LogP) is 3.12. The zero-order valence-electron chi connectivity index (χ0n) is 13.3. The second kappa shape index (κ2) is 9.64. The fraction of sp³-hybridized carbons (Fsp3) is 0.529. The Labute approximate surface area is 137 Å². The van der Waals surface area contributed by atoms with E-state index in [1.165, 1.54) is 37.0 Å². The Balaban J connectivity index is 1.74. The standard InChI is InChI=1S/C17H25N3OS/c1-22-16-9-7-15(8-10-16)13-18-19-17(21)14-20-11-5-3-2-4-6-12-20/h7-10,13H,2-6,11-12,14H2,1H3,(H,19,21). The van der Waals surface area contributed by atoms with E-state index in [-0.39, 0.29) is 5.91 Å². The molecule has 1 aromatic rings. The number of nitrogens with one attached hydrogen (secondary N) is 1. The lowest BCUT2D eigenvalue weighted by Crippen LogP contribution is -2.37. The number of nitrogens with zero attached hydrogens (tertiary/aromatic N) is 2. The number of hydrogen-bond acceptors (Lipinski definition) is 4. The lowest BCUT2D eigenvalue weighted by molar-refractivity contribution is -0.122. The average Bonchev–Trinajstić information content (AvgIpc) is 2.50. The smallest absolute Gasteiger partial charge is 0.254 e. The first-order valence-corrected chi connectivity index (χ1v) is 9.19. The number of thioether (sulfide) groups is 1. The highest BCUT2D eigenvalue weighted by Gasteiger charge is 2.11. The second-order valence-electron chi connectivity index (χ2n) is 5.61. The molecule has 0 atom stereocenters. The van der Waals surface area contributed by atoms with Crippen molar-refractivity contribution in [2.24, 2.45) is 5.10 Å². The van der Waals surface area contributed by atoms with Gasteiger partial charge in [-0.25, -0.2) is 5.43 Å². The van der Waals surface area contributed by atoms with Crippen molar-refractivity contribution in [3.05, 3.63) is 29.8 Å². The number of carbonyl (C=O) groups is 1. The average molecular weight is 319 g/mol. The van der Waals surface area contributed by atoms with Crippen LogP contribution in [0.15, 0.2) is 34.3 Å². The van der Waals surface area contributed by atoms with E-state index in [2.05, 4.69) is 15.4 Å². The van der Waals surface area contributed by atoms with Crippen molar-refractivity contribution >= 4 is 23.9 Å². The van der Waals surface area contributed by atoms with Gasteiger partial charge in [-0.15, -0.1) is 11.8 Å². The minimum atomic E-state index is -0.0300. The van der Waals surface area contributed by atoms with Gasteiger partial charge in [0.25, 0.3) is 5.91 Å². The van der Waals surface area contributed by atoms with Crippen LogP contribution in [0.25, 0.3) is 0 Å². The Morgan fingerprint density at radius 1 is 1.18 bits per heavy atom. The molecule has 1 amide bonds. The van der Waals surface area contributed by atoms with Crippen molar-refractivity contribution in [3.63, 3.8) is 0 Å². The van der Waals surface area contributed by atoms with E-state index in [4.69, 9.17) is 0 Å². The number of carbonyl (C=O) groups excluding carboxylic acids is 1. The van der Waals surface area contributed by atoms with Gasteiger partial charge in [0.1, 0.15) is 0 Å². The topological polar surface area (TPSA) is 44.7 Å². The van der Waals surface area contributed by atoms with Crippen LogP contribution in [-0.4, -0.2) is 42.9 Å². The number of hydrazone groups is 1.